The normalized spacial score (nSPS) is 6.76. The van der Waals surface area contributed by atoms with Crippen LogP contribution in [0.2, 0.25) is 0 Å². The van der Waals surface area contributed by atoms with Gasteiger partial charge in [-0.2, -0.15) is 0 Å². The molecule has 17 heavy (non-hydrogen) atoms. The van der Waals surface area contributed by atoms with Crippen LogP contribution in [0.15, 0.2) is 0 Å². The number of carboxylic acid groups (broad SMARTS) is 2. The SMILES string of the molecule is CC(=N)N.CC(=O)C(=O)[O-].CC(=O)C(=O)[O-].[Mn+2]. The van der Waals surface area contributed by atoms with Crippen LogP contribution >= 0.6 is 0 Å². The van der Waals surface area contributed by atoms with Crippen LogP contribution in [0.5, 0.6) is 0 Å². The van der Waals surface area contributed by atoms with E-state index in [1.54, 1.807) is 0 Å². The van der Waals surface area contributed by atoms with E-state index >= 15 is 0 Å². The number of carbonyl (C=O) groups is 4. The molecule has 0 aliphatic carbocycles. The predicted octanol–water partition coefficient (Wildman–Crippen LogP) is -3.41. The van der Waals surface area contributed by atoms with Gasteiger partial charge in [-0.1, -0.05) is 0 Å². The summed E-state index contributed by atoms with van der Waals surface area (Å²) >= 11 is 0. The number of nitrogens with one attached hydrogen (secondary N) is 1. The quantitative estimate of drug-likeness (QED) is 0.231. The molecule has 8 nitrogen and oxygen atoms in total. The van der Waals surface area contributed by atoms with E-state index in [9.17, 15) is 29.4 Å². The number of Topliss-reactive ketones (excluding diaryl/α,β-unsaturated/α-hetero) is 2. The molecule has 0 amide bonds. The van der Waals surface area contributed by atoms with Crippen LogP contribution in [-0.2, 0) is 36.2 Å². The van der Waals surface area contributed by atoms with E-state index in [1.807, 2.05) is 0 Å². The smallest absolute Gasteiger partial charge is 0.542 e. The summed E-state index contributed by atoms with van der Waals surface area (Å²) in [5.41, 5.74) is 4.69. The van der Waals surface area contributed by atoms with Crippen LogP contribution in [-0.4, -0.2) is 29.3 Å². The Balaban J connectivity index is -0.0000000741. The minimum atomic E-state index is -1.63. The van der Waals surface area contributed by atoms with Crippen molar-refractivity contribution in [1.29, 1.82) is 5.41 Å². The molecule has 0 spiro atoms. The number of carbonyl (C=O) groups excluding carboxylic acids is 4. The van der Waals surface area contributed by atoms with Crippen molar-refractivity contribution in [2.24, 2.45) is 5.73 Å². The molecular formula is C8H12MnN2O6. The van der Waals surface area contributed by atoms with Gasteiger partial charge < -0.3 is 25.5 Å². The number of rotatable bonds is 2. The number of hydrogen-bond donors (Lipinski definition) is 2. The van der Waals surface area contributed by atoms with Crippen LogP contribution in [0.1, 0.15) is 20.8 Å². The Morgan fingerprint density at radius 3 is 0.941 bits per heavy atom. The summed E-state index contributed by atoms with van der Waals surface area (Å²) in [7, 11) is 0. The van der Waals surface area contributed by atoms with Crippen molar-refractivity contribution < 1.29 is 46.5 Å². The van der Waals surface area contributed by atoms with Crippen LogP contribution < -0.4 is 15.9 Å². The average molecular weight is 287 g/mol. The van der Waals surface area contributed by atoms with Crippen molar-refractivity contribution in [1.82, 2.24) is 0 Å². The monoisotopic (exact) mass is 287 g/mol. The summed E-state index contributed by atoms with van der Waals surface area (Å²) in [5.74, 6) is -4.96. The van der Waals surface area contributed by atoms with E-state index in [0.717, 1.165) is 13.8 Å². The van der Waals surface area contributed by atoms with Gasteiger partial charge in [-0.25, -0.2) is 0 Å². The number of aliphatic carboxylic acids is 2. The number of amidine groups is 1. The van der Waals surface area contributed by atoms with Gasteiger partial charge in [0.1, 0.15) is 11.9 Å². The first-order valence-corrected chi connectivity index (χ1v) is 3.76. The third kappa shape index (κ3) is 54.7. The van der Waals surface area contributed by atoms with E-state index in [-0.39, 0.29) is 22.9 Å². The summed E-state index contributed by atoms with van der Waals surface area (Å²) < 4.78 is 0. The van der Waals surface area contributed by atoms with Gasteiger partial charge in [-0.15, -0.1) is 0 Å². The van der Waals surface area contributed by atoms with Gasteiger partial charge >= 0.3 is 17.1 Å². The summed E-state index contributed by atoms with van der Waals surface area (Å²) in [5, 5.41) is 24.8. The Morgan fingerprint density at radius 1 is 0.882 bits per heavy atom. The predicted molar refractivity (Wildman–Crippen MR) is 49.0 cm³/mol. The van der Waals surface area contributed by atoms with E-state index in [1.165, 1.54) is 6.92 Å². The van der Waals surface area contributed by atoms with Gasteiger partial charge in [0.05, 0.1) is 5.84 Å². The standard InChI is InChI=1S/2C3H4O3.C2H6N2.Mn/c2*1-2(4)3(5)6;1-2(3)4;/h2*1H3,(H,5,6);1H3,(H3,3,4);/q;;;+2/p-2. The fourth-order valence-electron chi connectivity index (χ4n) is 0. The Bertz CT molecular complexity index is 250. The Morgan fingerprint density at radius 2 is 0.941 bits per heavy atom. The van der Waals surface area contributed by atoms with Crippen molar-refractivity contribution in [2.45, 2.75) is 20.8 Å². The van der Waals surface area contributed by atoms with Gasteiger partial charge in [0.25, 0.3) is 0 Å². The van der Waals surface area contributed by atoms with Gasteiger partial charge in [-0.05, 0) is 6.92 Å². The molecule has 0 atom stereocenters. The molecule has 0 saturated carbocycles. The first-order chi connectivity index (χ1) is 7.02. The summed E-state index contributed by atoms with van der Waals surface area (Å²) in [6, 6.07) is 0. The maximum Gasteiger partial charge on any atom is 2.00 e. The number of carboxylic acids is 2. The molecule has 0 unspecified atom stereocenters. The molecule has 97 valence electrons. The molecule has 1 radical (unpaired) electrons. The first-order valence-electron chi connectivity index (χ1n) is 3.76. The Kier molecular flexibility index (Phi) is 20.5. The van der Waals surface area contributed by atoms with Crippen molar-refractivity contribution in [2.75, 3.05) is 0 Å². The van der Waals surface area contributed by atoms with Gasteiger partial charge in [0, 0.05) is 13.8 Å². The summed E-state index contributed by atoms with van der Waals surface area (Å²) in [6.45, 7) is 3.41. The van der Waals surface area contributed by atoms with E-state index in [4.69, 9.17) is 11.1 Å². The Hall–Kier alpha value is -1.73. The molecule has 0 aromatic heterocycles. The number of nitrogens with two attached hydrogens (primary N) is 1. The number of ketones is 2. The van der Waals surface area contributed by atoms with Crippen LogP contribution in [0.3, 0.4) is 0 Å². The Labute approximate surface area is 108 Å². The first kappa shape index (κ1) is 24.5. The third-order valence-electron chi connectivity index (χ3n) is 0.575. The van der Waals surface area contributed by atoms with E-state index in [0.29, 0.717) is 0 Å². The molecule has 0 heterocycles. The molecule has 0 aromatic rings. The average Bonchev–Trinajstić information content (AvgIpc) is 2.03. The van der Waals surface area contributed by atoms with E-state index in [2.05, 4.69) is 0 Å². The van der Waals surface area contributed by atoms with Crippen LogP contribution in [0.25, 0.3) is 0 Å². The minimum absolute atomic E-state index is 0. The fraction of sp³-hybridized carbons (Fsp3) is 0.375. The summed E-state index contributed by atoms with van der Waals surface area (Å²) in [6.07, 6.45) is 0. The van der Waals surface area contributed by atoms with Crippen molar-refractivity contribution in [3.63, 3.8) is 0 Å². The molecule has 0 aromatic carbocycles. The van der Waals surface area contributed by atoms with Crippen molar-refractivity contribution in [3.05, 3.63) is 0 Å². The van der Waals surface area contributed by atoms with Crippen molar-refractivity contribution >= 4 is 29.3 Å². The molecule has 9 heteroatoms. The maximum absolute atomic E-state index is 9.48. The van der Waals surface area contributed by atoms with Gasteiger partial charge in [-0.3, -0.25) is 15.0 Å². The zero-order chi connectivity index (χ0) is 13.9. The van der Waals surface area contributed by atoms with Crippen LogP contribution in [0, 0.1) is 5.41 Å². The second-order valence-corrected chi connectivity index (χ2v) is 2.37. The molecular weight excluding hydrogens is 275 g/mol. The maximum atomic E-state index is 9.48. The molecule has 0 aliphatic heterocycles. The fourth-order valence-corrected chi connectivity index (χ4v) is 0. The van der Waals surface area contributed by atoms with Gasteiger partial charge in [0.2, 0.25) is 0 Å². The molecule has 0 rings (SSSR count). The molecule has 0 bridgehead atoms. The zero-order valence-electron chi connectivity index (χ0n) is 9.40. The largest absolute Gasteiger partial charge is 2.00 e. The molecule has 3 N–H and O–H groups in total. The minimum Gasteiger partial charge on any atom is -0.542 e. The second kappa shape index (κ2) is 14.3. The third-order valence-corrected chi connectivity index (χ3v) is 0.575. The van der Waals surface area contributed by atoms with E-state index < -0.39 is 23.5 Å². The zero-order valence-corrected chi connectivity index (χ0v) is 10.6. The van der Waals surface area contributed by atoms with Crippen LogP contribution in [0.4, 0.5) is 0 Å². The molecule has 0 saturated heterocycles. The molecule has 0 aliphatic rings. The number of hydrogen-bond acceptors (Lipinski definition) is 7. The second-order valence-electron chi connectivity index (χ2n) is 2.37. The van der Waals surface area contributed by atoms with Crippen molar-refractivity contribution in [3.8, 4) is 0 Å². The summed E-state index contributed by atoms with van der Waals surface area (Å²) in [4.78, 5) is 37.4. The van der Waals surface area contributed by atoms with Gasteiger partial charge in [0.15, 0.2) is 11.6 Å². The topological polar surface area (TPSA) is 164 Å². The molecule has 0 fully saturated rings.